The quantitative estimate of drug-likeness (QED) is 0.570. The highest BCUT2D eigenvalue weighted by Gasteiger charge is 2.39. The second-order valence-corrected chi connectivity index (χ2v) is 12.9. The molecule has 5 rings (SSSR count). The van der Waals surface area contributed by atoms with E-state index in [2.05, 4.69) is 16.3 Å². The fraction of sp³-hybridized carbons (Fsp3) is 0.667. The summed E-state index contributed by atoms with van der Waals surface area (Å²) in [5.41, 5.74) is 2.36. The van der Waals surface area contributed by atoms with E-state index in [1.165, 1.54) is 0 Å². The number of carbonyl (C=O) groups excluding carboxylic acids is 3. The molecule has 1 spiro atoms. The Morgan fingerprint density at radius 1 is 1.05 bits per heavy atom. The molecule has 3 aliphatic rings. The maximum Gasteiger partial charge on any atom is 0.410 e. The first-order valence-corrected chi connectivity index (χ1v) is 14.7. The molecule has 3 saturated heterocycles. The smallest absolute Gasteiger partial charge is 0.410 e. The molecule has 1 unspecified atom stereocenters. The Morgan fingerprint density at radius 2 is 1.73 bits per heavy atom. The SMILES string of the molecule is Cn1c(=O)n(C2CCC(=O)NC2=O)c2cccc(CCCN3CCC4(CC3)CCN(C(=O)OC(C)(C)C)CC4)c21. The lowest BCUT2D eigenvalue weighted by Gasteiger charge is -2.47. The molecule has 4 heterocycles. The van der Waals surface area contributed by atoms with Gasteiger partial charge in [-0.15, -0.1) is 0 Å². The van der Waals surface area contributed by atoms with Gasteiger partial charge in [0.2, 0.25) is 11.8 Å². The molecule has 40 heavy (non-hydrogen) atoms. The predicted molar refractivity (Wildman–Crippen MR) is 152 cm³/mol. The van der Waals surface area contributed by atoms with Crippen LogP contribution in [0.3, 0.4) is 0 Å². The number of carbonyl (C=O) groups is 3. The molecule has 0 saturated carbocycles. The first-order valence-electron chi connectivity index (χ1n) is 14.7. The second-order valence-electron chi connectivity index (χ2n) is 12.9. The molecule has 0 bridgehead atoms. The van der Waals surface area contributed by atoms with E-state index < -0.39 is 17.6 Å². The minimum absolute atomic E-state index is 0.195. The maximum atomic E-state index is 13.2. The van der Waals surface area contributed by atoms with Gasteiger partial charge in [0.25, 0.3) is 0 Å². The molecule has 1 aromatic heterocycles. The molecule has 10 heteroatoms. The van der Waals surface area contributed by atoms with Crippen LogP contribution in [0.1, 0.15) is 77.3 Å². The summed E-state index contributed by atoms with van der Waals surface area (Å²) in [6.45, 7) is 10.4. The van der Waals surface area contributed by atoms with Gasteiger partial charge in [-0.2, -0.15) is 0 Å². The normalized spacial score (nSPS) is 22.1. The van der Waals surface area contributed by atoms with Gasteiger partial charge in [0, 0.05) is 26.6 Å². The molecule has 2 aromatic rings. The number of imide groups is 1. The zero-order chi connectivity index (χ0) is 28.7. The van der Waals surface area contributed by atoms with Gasteiger partial charge in [0.15, 0.2) is 0 Å². The molecule has 0 aliphatic carbocycles. The molecule has 0 radical (unpaired) electrons. The molecule has 1 atom stereocenters. The Kier molecular flexibility index (Phi) is 7.83. The van der Waals surface area contributed by atoms with Gasteiger partial charge in [-0.3, -0.25) is 24.0 Å². The third-order valence-corrected chi connectivity index (χ3v) is 9.02. The third-order valence-electron chi connectivity index (χ3n) is 9.02. The summed E-state index contributed by atoms with van der Waals surface area (Å²) in [5, 5.41) is 2.38. The molecule has 10 nitrogen and oxygen atoms in total. The number of fused-ring (bicyclic) bond motifs is 1. The summed E-state index contributed by atoms with van der Waals surface area (Å²) in [4.78, 5) is 54.2. The largest absolute Gasteiger partial charge is 0.444 e. The summed E-state index contributed by atoms with van der Waals surface area (Å²) in [7, 11) is 1.76. The highest BCUT2D eigenvalue weighted by molar-refractivity contribution is 6.00. The minimum atomic E-state index is -0.666. The number of nitrogens with one attached hydrogen (secondary N) is 1. The topological polar surface area (TPSA) is 106 Å². The zero-order valence-electron chi connectivity index (χ0n) is 24.3. The summed E-state index contributed by atoms with van der Waals surface area (Å²) in [6, 6.07) is 5.25. The standard InChI is InChI=1S/C30H43N5O5/c1-29(2,3)40-28(39)34-19-14-30(15-20-34)12-17-33(18-13-30)16-6-8-21-7-5-9-22-25(21)32(4)27(38)35(22)23-10-11-24(36)31-26(23)37/h5,7,9,23H,6,8,10-20H2,1-4H3,(H,31,36,37). The van der Waals surface area contributed by atoms with Gasteiger partial charge in [0.05, 0.1) is 11.0 Å². The van der Waals surface area contributed by atoms with Gasteiger partial charge >= 0.3 is 11.8 Å². The first-order chi connectivity index (χ1) is 19.0. The van der Waals surface area contributed by atoms with Crippen LogP contribution in [-0.4, -0.2) is 75.2 Å². The van der Waals surface area contributed by atoms with Gasteiger partial charge in [0.1, 0.15) is 11.6 Å². The average Bonchev–Trinajstić information content (AvgIpc) is 3.15. The van der Waals surface area contributed by atoms with Crippen molar-refractivity contribution in [3.8, 4) is 0 Å². The number of para-hydroxylation sites is 1. The van der Waals surface area contributed by atoms with Gasteiger partial charge in [-0.05, 0) is 102 Å². The number of benzene rings is 1. The molecular formula is C30H43N5O5. The van der Waals surface area contributed by atoms with Crippen molar-refractivity contribution < 1.29 is 19.1 Å². The fourth-order valence-electron chi connectivity index (χ4n) is 6.69. The lowest BCUT2D eigenvalue weighted by molar-refractivity contribution is -0.135. The lowest BCUT2D eigenvalue weighted by Crippen LogP contribution is -2.49. The van der Waals surface area contributed by atoms with Crippen LogP contribution in [0.25, 0.3) is 11.0 Å². The van der Waals surface area contributed by atoms with E-state index in [9.17, 15) is 19.2 Å². The Labute approximate surface area is 235 Å². The van der Waals surface area contributed by atoms with E-state index in [4.69, 9.17) is 4.74 Å². The summed E-state index contributed by atoms with van der Waals surface area (Å²) < 4.78 is 8.76. The minimum Gasteiger partial charge on any atom is -0.444 e. The number of aromatic nitrogens is 2. The Balaban J connectivity index is 1.15. The molecule has 3 amide bonds. The van der Waals surface area contributed by atoms with Crippen LogP contribution in [0.4, 0.5) is 4.79 Å². The van der Waals surface area contributed by atoms with Crippen LogP contribution in [0.2, 0.25) is 0 Å². The van der Waals surface area contributed by atoms with Crippen molar-refractivity contribution in [1.82, 2.24) is 24.3 Å². The number of hydrogen-bond donors (Lipinski definition) is 1. The van der Waals surface area contributed by atoms with Crippen LogP contribution in [0, 0.1) is 5.41 Å². The van der Waals surface area contributed by atoms with Crippen LogP contribution < -0.4 is 11.0 Å². The van der Waals surface area contributed by atoms with Crippen molar-refractivity contribution in [3.63, 3.8) is 0 Å². The Morgan fingerprint density at radius 3 is 2.38 bits per heavy atom. The number of piperidine rings is 3. The van der Waals surface area contributed by atoms with Crippen molar-refractivity contribution in [2.75, 3.05) is 32.7 Å². The van der Waals surface area contributed by atoms with Crippen molar-refractivity contribution in [2.24, 2.45) is 12.5 Å². The number of ether oxygens (including phenoxy) is 1. The van der Waals surface area contributed by atoms with Crippen LogP contribution in [-0.2, 0) is 27.8 Å². The van der Waals surface area contributed by atoms with E-state index in [0.29, 0.717) is 11.8 Å². The summed E-state index contributed by atoms with van der Waals surface area (Å²) in [5.74, 6) is -0.695. The number of aryl methyl sites for hydroxylation is 2. The molecular weight excluding hydrogens is 510 g/mol. The van der Waals surface area contributed by atoms with Crippen LogP contribution in [0.5, 0.6) is 0 Å². The van der Waals surface area contributed by atoms with Crippen molar-refractivity contribution in [1.29, 1.82) is 0 Å². The number of amides is 3. The monoisotopic (exact) mass is 553 g/mol. The molecule has 1 N–H and O–H groups in total. The van der Waals surface area contributed by atoms with Gasteiger partial charge in [-0.1, -0.05) is 12.1 Å². The third kappa shape index (κ3) is 5.82. The highest BCUT2D eigenvalue weighted by atomic mass is 16.6. The van der Waals surface area contributed by atoms with Crippen molar-refractivity contribution >= 4 is 28.9 Å². The molecule has 218 valence electrons. The Hall–Kier alpha value is -3.14. The van der Waals surface area contributed by atoms with Gasteiger partial charge in [-0.25, -0.2) is 9.59 Å². The molecule has 1 aromatic carbocycles. The van der Waals surface area contributed by atoms with E-state index in [-0.39, 0.29) is 24.1 Å². The van der Waals surface area contributed by atoms with E-state index >= 15 is 0 Å². The number of likely N-dealkylation sites (tertiary alicyclic amines) is 2. The second kappa shape index (κ2) is 11.0. The zero-order valence-corrected chi connectivity index (χ0v) is 24.3. The van der Waals surface area contributed by atoms with E-state index in [0.717, 1.165) is 87.8 Å². The summed E-state index contributed by atoms with van der Waals surface area (Å²) >= 11 is 0. The number of imidazole rings is 1. The first kappa shape index (κ1) is 28.4. The van der Waals surface area contributed by atoms with E-state index in [1.54, 1.807) is 16.2 Å². The lowest BCUT2D eigenvalue weighted by atomic mass is 9.71. The summed E-state index contributed by atoms with van der Waals surface area (Å²) in [6.07, 6.45) is 6.61. The van der Waals surface area contributed by atoms with Crippen molar-refractivity contribution in [3.05, 3.63) is 34.2 Å². The Bertz CT molecular complexity index is 1330. The van der Waals surface area contributed by atoms with E-state index in [1.807, 2.05) is 37.8 Å². The highest BCUT2D eigenvalue weighted by Crippen LogP contribution is 2.41. The maximum absolute atomic E-state index is 13.2. The van der Waals surface area contributed by atoms with Gasteiger partial charge < -0.3 is 14.5 Å². The van der Waals surface area contributed by atoms with Crippen LogP contribution >= 0.6 is 0 Å². The average molecular weight is 554 g/mol. The fourth-order valence-corrected chi connectivity index (χ4v) is 6.69. The predicted octanol–water partition coefficient (Wildman–Crippen LogP) is 3.36. The molecule has 3 aliphatic heterocycles. The molecule has 3 fully saturated rings. The number of nitrogens with zero attached hydrogens (tertiary/aromatic N) is 4. The van der Waals surface area contributed by atoms with Crippen molar-refractivity contribution in [2.45, 2.75) is 83.8 Å². The van der Waals surface area contributed by atoms with Crippen LogP contribution in [0.15, 0.2) is 23.0 Å². The number of rotatable bonds is 5. The number of hydrogen-bond acceptors (Lipinski definition) is 6.